The molecule has 1 atom stereocenters. The van der Waals surface area contributed by atoms with E-state index in [9.17, 15) is 4.79 Å². The van der Waals surface area contributed by atoms with Crippen molar-refractivity contribution in [1.82, 2.24) is 10.2 Å². The van der Waals surface area contributed by atoms with Crippen molar-refractivity contribution in [2.24, 2.45) is 0 Å². The average Bonchev–Trinajstić information content (AvgIpc) is 2.67. The van der Waals surface area contributed by atoms with Crippen molar-refractivity contribution < 1.29 is 9.53 Å². The van der Waals surface area contributed by atoms with Crippen molar-refractivity contribution >= 4 is 5.91 Å². The second-order valence-corrected chi connectivity index (χ2v) is 6.57. The molecule has 1 aliphatic heterocycles. The number of benzene rings is 2. The summed E-state index contributed by atoms with van der Waals surface area (Å²) in [4.78, 5) is 14.9. The Morgan fingerprint density at radius 1 is 1.08 bits per heavy atom. The third-order valence-electron chi connectivity index (χ3n) is 4.69. The third-order valence-corrected chi connectivity index (χ3v) is 4.69. The van der Waals surface area contributed by atoms with Gasteiger partial charge in [-0.25, -0.2) is 0 Å². The number of nitrogens with one attached hydrogen (secondary N) is 1. The van der Waals surface area contributed by atoms with Crippen molar-refractivity contribution in [3.05, 3.63) is 71.3 Å². The molecule has 1 aliphatic rings. The van der Waals surface area contributed by atoms with Gasteiger partial charge in [-0.1, -0.05) is 48.0 Å². The summed E-state index contributed by atoms with van der Waals surface area (Å²) in [5.74, 6) is -0.00804. The van der Waals surface area contributed by atoms with Crippen LogP contribution >= 0.6 is 0 Å². The summed E-state index contributed by atoms with van der Waals surface area (Å²) in [6, 6.07) is 18.4. The van der Waals surface area contributed by atoms with Crippen LogP contribution in [-0.4, -0.2) is 49.7 Å². The van der Waals surface area contributed by atoms with Gasteiger partial charge in [0.2, 0.25) is 0 Å². The van der Waals surface area contributed by atoms with Gasteiger partial charge >= 0.3 is 0 Å². The summed E-state index contributed by atoms with van der Waals surface area (Å²) in [5, 5.41) is 3.11. The maximum absolute atomic E-state index is 12.4. The number of ether oxygens (including phenoxy) is 1. The van der Waals surface area contributed by atoms with Crippen LogP contribution in [0.15, 0.2) is 54.6 Å². The van der Waals surface area contributed by atoms with Gasteiger partial charge in [-0.15, -0.1) is 0 Å². The Bertz CT molecular complexity index is 664. The molecule has 4 nitrogen and oxygen atoms in total. The average molecular weight is 338 g/mol. The van der Waals surface area contributed by atoms with Crippen LogP contribution in [0.2, 0.25) is 0 Å². The van der Waals surface area contributed by atoms with Crippen molar-refractivity contribution in [2.45, 2.75) is 19.4 Å². The van der Waals surface area contributed by atoms with Crippen LogP contribution in [0.4, 0.5) is 0 Å². The molecule has 1 fully saturated rings. The SMILES string of the molecule is Cc1ccc(C(=O)NCC(Cc2ccccc2)N2CCOCC2)cc1. The molecule has 0 bridgehead atoms. The lowest BCUT2D eigenvalue weighted by Crippen LogP contribution is -2.49. The molecule has 1 amide bonds. The maximum atomic E-state index is 12.4. The second kappa shape index (κ2) is 8.79. The van der Waals surface area contributed by atoms with Gasteiger partial charge in [-0.2, -0.15) is 0 Å². The Morgan fingerprint density at radius 3 is 2.44 bits per heavy atom. The van der Waals surface area contributed by atoms with E-state index in [1.165, 1.54) is 5.56 Å². The number of nitrogens with zero attached hydrogens (tertiary/aromatic N) is 1. The molecule has 0 spiro atoms. The first-order valence-electron chi connectivity index (χ1n) is 8.93. The van der Waals surface area contributed by atoms with Crippen molar-refractivity contribution in [1.29, 1.82) is 0 Å². The minimum Gasteiger partial charge on any atom is -0.379 e. The molecule has 0 aliphatic carbocycles. The Morgan fingerprint density at radius 2 is 1.76 bits per heavy atom. The zero-order chi connectivity index (χ0) is 17.5. The van der Waals surface area contributed by atoms with Gasteiger partial charge in [-0.3, -0.25) is 9.69 Å². The van der Waals surface area contributed by atoms with Crippen LogP contribution in [0.5, 0.6) is 0 Å². The van der Waals surface area contributed by atoms with Crippen LogP contribution in [0.25, 0.3) is 0 Å². The normalized spacial score (nSPS) is 16.4. The van der Waals surface area contributed by atoms with Crippen molar-refractivity contribution in [2.75, 3.05) is 32.8 Å². The molecular weight excluding hydrogens is 312 g/mol. The molecule has 2 aromatic rings. The first kappa shape index (κ1) is 17.6. The predicted molar refractivity (Wildman–Crippen MR) is 99.8 cm³/mol. The topological polar surface area (TPSA) is 41.6 Å². The molecule has 3 rings (SSSR count). The fourth-order valence-corrected chi connectivity index (χ4v) is 3.18. The van der Waals surface area contributed by atoms with E-state index in [1.54, 1.807) is 0 Å². The number of amides is 1. The Kier molecular flexibility index (Phi) is 6.20. The molecule has 25 heavy (non-hydrogen) atoms. The minimum atomic E-state index is -0.00804. The second-order valence-electron chi connectivity index (χ2n) is 6.57. The molecule has 1 saturated heterocycles. The molecule has 0 radical (unpaired) electrons. The van der Waals surface area contributed by atoms with E-state index in [0.29, 0.717) is 12.1 Å². The van der Waals surface area contributed by atoms with E-state index in [0.717, 1.165) is 38.3 Å². The highest BCUT2D eigenvalue weighted by Crippen LogP contribution is 2.11. The highest BCUT2D eigenvalue weighted by molar-refractivity contribution is 5.94. The first-order valence-corrected chi connectivity index (χ1v) is 8.93. The molecule has 1 unspecified atom stereocenters. The van der Waals surface area contributed by atoms with E-state index in [1.807, 2.05) is 37.3 Å². The highest BCUT2D eigenvalue weighted by atomic mass is 16.5. The number of hydrogen-bond donors (Lipinski definition) is 1. The van der Waals surface area contributed by atoms with Crippen LogP contribution in [-0.2, 0) is 11.2 Å². The fraction of sp³-hybridized carbons (Fsp3) is 0.381. The number of carbonyl (C=O) groups excluding carboxylic acids is 1. The molecule has 132 valence electrons. The molecule has 0 saturated carbocycles. The van der Waals surface area contributed by atoms with E-state index in [-0.39, 0.29) is 11.9 Å². The van der Waals surface area contributed by atoms with Crippen LogP contribution < -0.4 is 5.32 Å². The Balaban J connectivity index is 1.64. The number of carbonyl (C=O) groups is 1. The zero-order valence-corrected chi connectivity index (χ0v) is 14.8. The van der Waals surface area contributed by atoms with Crippen LogP contribution in [0.1, 0.15) is 21.5 Å². The van der Waals surface area contributed by atoms with Crippen LogP contribution in [0, 0.1) is 6.92 Å². The van der Waals surface area contributed by atoms with Gasteiger partial charge < -0.3 is 10.1 Å². The van der Waals surface area contributed by atoms with Gasteiger partial charge in [0.1, 0.15) is 0 Å². The third kappa shape index (κ3) is 5.15. The lowest BCUT2D eigenvalue weighted by molar-refractivity contribution is 0.0167. The zero-order valence-electron chi connectivity index (χ0n) is 14.8. The number of hydrogen-bond acceptors (Lipinski definition) is 3. The Labute approximate surface area is 149 Å². The summed E-state index contributed by atoms with van der Waals surface area (Å²) in [6.07, 6.45) is 0.926. The summed E-state index contributed by atoms with van der Waals surface area (Å²) >= 11 is 0. The highest BCUT2D eigenvalue weighted by Gasteiger charge is 2.22. The van der Waals surface area contributed by atoms with E-state index in [4.69, 9.17) is 4.74 Å². The smallest absolute Gasteiger partial charge is 0.251 e. The summed E-state index contributed by atoms with van der Waals surface area (Å²) in [7, 11) is 0. The maximum Gasteiger partial charge on any atom is 0.251 e. The molecule has 0 aromatic heterocycles. The molecular formula is C21H26N2O2. The van der Waals surface area contributed by atoms with Gasteiger partial charge in [0.15, 0.2) is 0 Å². The number of rotatable bonds is 6. The van der Waals surface area contributed by atoms with Crippen molar-refractivity contribution in [3.63, 3.8) is 0 Å². The number of morpholine rings is 1. The summed E-state index contributed by atoms with van der Waals surface area (Å²) < 4.78 is 5.48. The minimum absolute atomic E-state index is 0.00804. The lowest BCUT2D eigenvalue weighted by atomic mass is 10.0. The standard InChI is InChI=1S/C21H26N2O2/c1-17-7-9-19(10-8-17)21(24)22-16-20(23-11-13-25-14-12-23)15-18-5-3-2-4-6-18/h2-10,20H,11-16H2,1H3,(H,22,24). The quantitative estimate of drug-likeness (QED) is 0.880. The van der Waals surface area contributed by atoms with E-state index in [2.05, 4.69) is 34.5 Å². The molecule has 1 N–H and O–H groups in total. The van der Waals surface area contributed by atoms with Crippen molar-refractivity contribution in [3.8, 4) is 0 Å². The summed E-state index contributed by atoms with van der Waals surface area (Å²) in [6.45, 7) is 6.02. The lowest BCUT2D eigenvalue weighted by Gasteiger charge is -2.34. The van der Waals surface area contributed by atoms with Gasteiger partial charge in [0.05, 0.1) is 13.2 Å². The van der Waals surface area contributed by atoms with Gasteiger partial charge in [-0.05, 0) is 31.0 Å². The summed E-state index contributed by atoms with van der Waals surface area (Å²) in [5.41, 5.74) is 3.17. The molecule has 4 heteroatoms. The van der Waals surface area contributed by atoms with E-state index < -0.39 is 0 Å². The van der Waals surface area contributed by atoms with Crippen LogP contribution in [0.3, 0.4) is 0 Å². The molecule has 1 heterocycles. The van der Waals surface area contributed by atoms with Gasteiger partial charge in [0, 0.05) is 31.2 Å². The predicted octanol–water partition coefficient (Wildman–Crippen LogP) is 2.67. The monoisotopic (exact) mass is 338 g/mol. The Hall–Kier alpha value is -2.17. The van der Waals surface area contributed by atoms with E-state index >= 15 is 0 Å². The first-order chi connectivity index (χ1) is 12.2. The number of aryl methyl sites for hydroxylation is 1. The fourth-order valence-electron chi connectivity index (χ4n) is 3.18. The van der Waals surface area contributed by atoms with Gasteiger partial charge in [0.25, 0.3) is 5.91 Å². The molecule has 2 aromatic carbocycles. The largest absolute Gasteiger partial charge is 0.379 e.